The van der Waals surface area contributed by atoms with E-state index in [9.17, 15) is 0 Å². The Kier molecular flexibility index (Phi) is 4.57. The fraction of sp³-hybridized carbons (Fsp3) is 0.500. The van der Waals surface area contributed by atoms with Crippen LogP contribution in [0.15, 0.2) is 24.3 Å². The number of aromatic nitrogens is 3. The van der Waals surface area contributed by atoms with Gasteiger partial charge in [-0.2, -0.15) is 0 Å². The second-order valence-electron chi connectivity index (χ2n) is 6.62. The lowest BCUT2D eigenvalue weighted by Gasteiger charge is -2.20. The first-order chi connectivity index (χ1) is 11.0. The van der Waals surface area contributed by atoms with Crippen molar-refractivity contribution >= 4 is 11.6 Å². The maximum absolute atomic E-state index is 4.75. The molecule has 1 N–H and O–H groups in total. The molecule has 0 aliphatic carbocycles. The largest absolute Gasteiger partial charge is 0.325 e. The molecule has 1 saturated heterocycles. The predicted octanol–water partition coefficient (Wildman–Crippen LogP) is 3.43. The Morgan fingerprint density at radius 3 is 2.61 bits per heavy atom. The van der Waals surface area contributed by atoms with E-state index >= 15 is 0 Å². The van der Waals surface area contributed by atoms with Gasteiger partial charge in [0.05, 0.1) is 0 Å². The van der Waals surface area contributed by atoms with Crippen LogP contribution >= 0.6 is 0 Å². The molecule has 1 aliphatic heterocycles. The Morgan fingerprint density at radius 2 is 1.91 bits per heavy atom. The van der Waals surface area contributed by atoms with Crippen molar-refractivity contribution in [3.63, 3.8) is 0 Å². The second kappa shape index (κ2) is 6.62. The van der Waals surface area contributed by atoms with Gasteiger partial charge in [-0.25, -0.2) is 15.0 Å². The lowest BCUT2D eigenvalue weighted by Crippen LogP contribution is -2.28. The van der Waals surface area contributed by atoms with Crippen molar-refractivity contribution in [1.82, 2.24) is 19.9 Å². The van der Waals surface area contributed by atoms with Gasteiger partial charge in [-0.1, -0.05) is 6.07 Å². The first-order valence-corrected chi connectivity index (χ1v) is 8.31. The summed E-state index contributed by atoms with van der Waals surface area (Å²) in [5, 5.41) is 3.31. The van der Waals surface area contributed by atoms with Gasteiger partial charge in [0, 0.05) is 36.0 Å². The molecule has 3 rings (SSSR count). The number of anilines is 2. The van der Waals surface area contributed by atoms with Gasteiger partial charge in [-0.3, -0.25) is 0 Å². The molecule has 0 amide bonds. The van der Waals surface area contributed by atoms with Gasteiger partial charge in [0.1, 0.15) is 17.5 Å². The van der Waals surface area contributed by atoms with Crippen molar-refractivity contribution in [2.75, 3.05) is 18.4 Å². The van der Waals surface area contributed by atoms with E-state index in [1.165, 1.54) is 0 Å². The normalized spacial score (nSPS) is 18.6. The average Bonchev–Trinajstić information content (AvgIpc) is 2.96. The summed E-state index contributed by atoms with van der Waals surface area (Å²) in [5.74, 6) is 3.02. The van der Waals surface area contributed by atoms with Crippen LogP contribution in [0.4, 0.5) is 11.6 Å². The van der Waals surface area contributed by atoms with Gasteiger partial charge in [0.15, 0.2) is 0 Å². The molecule has 1 fully saturated rings. The minimum atomic E-state index is 0.420. The predicted molar refractivity (Wildman–Crippen MR) is 93.1 cm³/mol. The van der Waals surface area contributed by atoms with Crippen molar-refractivity contribution in [1.29, 1.82) is 0 Å². The zero-order valence-corrected chi connectivity index (χ0v) is 14.4. The molecule has 1 atom stereocenters. The van der Waals surface area contributed by atoms with Crippen molar-refractivity contribution in [2.45, 2.75) is 46.1 Å². The van der Waals surface area contributed by atoms with E-state index in [1.54, 1.807) is 0 Å². The van der Waals surface area contributed by atoms with E-state index in [2.05, 4.69) is 34.0 Å². The maximum atomic E-state index is 4.75. The van der Waals surface area contributed by atoms with E-state index in [0.29, 0.717) is 12.0 Å². The molecule has 0 bridgehead atoms. The number of hydrogen-bond donors (Lipinski definition) is 1. The third kappa shape index (κ3) is 3.85. The number of rotatable bonds is 4. The molecule has 5 heteroatoms. The third-order valence-electron chi connectivity index (χ3n) is 4.33. The van der Waals surface area contributed by atoms with Gasteiger partial charge >= 0.3 is 0 Å². The van der Waals surface area contributed by atoms with Crippen LogP contribution in [0.3, 0.4) is 0 Å². The molecule has 0 unspecified atom stereocenters. The zero-order chi connectivity index (χ0) is 16.4. The summed E-state index contributed by atoms with van der Waals surface area (Å²) in [5.41, 5.74) is 1.98. The fourth-order valence-corrected chi connectivity index (χ4v) is 3.05. The number of pyridine rings is 1. The van der Waals surface area contributed by atoms with Crippen LogP contribution in [0, 0.1) is 13.8 Å². The number of nitrogens with zero attached hydrogens (tertiary/aromatic N) is 4. The smallest absolute Gasteiger partial charge is 0.135 e. The topological polar surface area (TPSA) is 53.9 Å². The Morgan fingerprint density at radius 1 is 1.09 bits per heavy atom. The molecule has 0 radical (unpaired) electrons. The molecule has 0 aromatic carbocycles. The standard InChI is InChI=1S/C18H25N5/c1-12(2)23-9-8-15(11-23)18-20-14(4)10-17(22-18)21-16-7-5-6-13(3)19-16/h5-7,10,12,15H,8-9,11H2,1-4H3,(H,19,20,21,22)/t15-/m0/s1. The highest BCUT2D eigenvalue weighted by atomic mass is 15.2. The van der Waals surface area contributed by atoms with Crippen LogP contribution < -0.4 is 5.32 Å². The Hall–Kier alpha value is -2.01. The summed E-state index contributed by atoms with van der Waals surface area (Å²) in [6.07, 6.45) is 1.13. The van der Waals surface area contributed by atoms with E-state index in [1.807, 2.05) is 38.1 Å². The summed E-state index contributed by atoms with van der Waals surface area (Å²) in [6, 6.07) is 8.50. The highest BCUT2D eigenvalue weighted by molar-refractivity contribution is 5.52. The first-order valence-electron chi connectivity index (χ1n) is 8.31. The number of likely N-dealkylation sites (tertiary alicyclic amines) is 1. The maximum Gasteiger partial charge on any atom is 0.135 e. The van der Waals surface area contributed by atoms with E-state index in [4.69, 9.17) is 4.98 Å². The van der Waals surface area contributed by atoms with E-state index in [0.717, 1.165) is 48.4 Å². The van der Waals surface area contributed by atoms with Crippen molar-refractivity contribution in [3.05, 3.63) is 41.5 Å². The fourth-order valence-electron chi connectivity index (χ4n) is 3.05. The molecule has 2 aromatic heterocycles. The highest BCUT2D eigenvalue weighted by Crippen LogP contribution is 2.27. The van der Waals surface area contributed by atoms with Crippen LogP contribution in [-0.2, 0) is 0 Å². The molecule has 5 nitrogen and oxygen atoms in total. The SMILES string of the molecule is Cc1cccc(Nc2cc(C)nc([C@H]3CCN(C(C)C)C3)n2)n1. The summed E-state index contributed by atoms with van der Waals surface area (Å²) in [4.78, 5) is 16.4. The second-order valence-corrected chi connectivity index (χ2v) is 6.62. The molecule has 23 heavy (non-hydrogen) atoms. The number of aryl methyl sites for hydroxylation is 2. The van der Waals surface area contributed by atoms with Crippen LogP contribution in [0.2, 0.25) is 0 Å². The molecular formula is C18H25N5. The van der Waals surface area contributed by atoms with Crippen LogP contribution in [-0.4, -0.2) is 39.0 Å². The van der Waals surface area contributed by atoms with Gasteiger partial charge in [-0.05, 0) is 52.8 Å². The minimum Gasteiger partial charge on any atom is -0.325 e. The van der Waals surface area contributed by atoms with Crippen LogP contribution in [0.25, 0.3) is 0 Å². The van der Waals surface area contributed by atoms with Crippen molar-refractivity contribution in [3.8, 4) is 0 Å². The van der Waals surface area contributed by atoms with Gasteiger partial charge in [0.2, 0.25) is 0 Å². The summed E-state index contributed by atoms with van der Waals surface area (Å²) >= 11 is 0. The first kappa shape index (κ1) is 15.9. The lowest BCUT2D eigenvalue weighted by atomic mass is 10.1. The quantitative estimate of drug-likeness (QED) is 0.937. The molecular weight excluding hydrogens is 286 g/mol. The van der Waals surface area contributed by atoms with E-state index in [-0.39, 0.29) is 0 Å². The van der Waals surface area contributed by atoms with Crippen molar-refractivity contribution in [2.24, 2.45) is 0 Å². The third-order valence-corrected chi connectivity index (χ3v) is 4.33. The molecule has 122 valence electrons. The molecule has 3 heterocycles. The molecule has 0 saturated carbocycles. The summed E-state index contributed by atoms with van der Waals surface area (Å²) in [6.45, 7) is 10.7. The molecule has 0 spiro atoms. The van der Waals surface area contributed by atoms with Gasteiger partial charge in [-0.15, -0.1) is 0 Å². The number of hydrogen-bond acceptors (Lipinski definition) is 5. The molecule has 1 aliphatic rings. The highest BCUT2D eigenvalue weighted by Gasteiger charge is 2.27. The van der Waals surface area contributed by atoms with E-state index < -0.39 is 0 Å². The van der Waals surface area contributed by atoms with Gasteiger partial charge < -0.3 is 10.2 Å². The summed E-state index contributed by atoms with van der Waals surface area (Å²) < 4.78 is 0. The van der Waals surface area contributed by atoms with Crippen molar-refractivity contribution < 1.29 is 0 Å². The minimum absolute atomic E-state index is 0.420. The Labute approximate surface area is 138 Å². The zero-order valence-electron chi connectivity index (χ0n) is 14.4. The molecule has 2 aromatic rings. The average molecular weight is 311 g/mol. The van der Waals surface area contributed by atoms with Crippen LogP contribution in [0.1, 0.15) is 43.4 Å². The van der Waals surface area contributed by atoms with Crippen LogP contribution in [0.5, 0.6) is 0 Å². The summed E-state index contributed by atoms with van der Waals surface area (Å²) in [7, 11) is 0. The van der Waals surface area contributed by atoms with Gasteiger partial charge in [0.25, 0.3) is 0 Å². The lowest BCUT2D eigenvalue weighted by molar-refractivity contribution is 0.272. The monoisotopic (exact) mass is 311 g/mol. The Bertz CT molecular complexity index is 683. The number of nitrogens with one attached hydrogen (secondary N) is 1. The Balaban J connectivity index is 1.80.